The van der Waals surface area contributed by atoms with Crippen LogP contribution in [0.15, 0.2) is 71.8 Å². The van der Waals surface area contributed by atoms with Crippen molar-refractivity contribution in [1.82, 2.24) is 9.78 Å². The summed E-state index contributed by atoms with van der Waals surface area (Å²) in [6.07, 6.45) is 3.39. The average Bonchev–Trinajstić information content (AvgIpc) is 3.24. The highest BCUT2D eigenvalue weighted by Crippen LogP contribution is 2.34. The predicted octanol–water partition coefficient (Wildman–Crippen LogP) is 4.98. The highest BCUT2D eigenvalue weighted by molar-refractivity contribution is 7.98. The Morgan fingerprint density at radius 1 is 1.19 bits per heavy atom. The van der Waals surface area contributed by atoms with Crippen LogP contribution in [0.4, 0.5) is 11.5 Å². The fourth-order valence-corrected chi connectivity index (χ4v) is 4.12. The second-order valence-electron chi connectivity index (χ2n) is 6.95. The topological polar surface area (TPSA) is 99.3 Å². The Hall–Kier alpha value is -3.85. The van der Waals surface area contributed by atoms with Gasteiger partial charge in [0.1, 0.15) is 17.1 Å². The van der Waals surface area contributed by atoms with Gasteiger partial charge < -0.3 is 10.1 Å². The van der Waals surface area contributed by atoms with E-state index in [1.165, 1.54) is 31.0 Å². The maximum Gasteiger partial charge on any atom is 0.285 e. The molecular weight excluding hydrogens is 428 g/mol. The molecule has 0 fully saturated rings. The lowest BCUT2D eigenvalue weighted by Gasteiger charge is -2.12. The SMILES string of the molecule is COc1cc([N+](=O)[O-])c(C(=O)Nc2ccnn2Cc2cccc3ccccc23)cc1SC. The average molecular weight is 449 g/mol. The number of ether oxygens (including phenoxy) is 1. The second-order valence-corrected chi connectivity index (χ2v) is 7.80. The van der Waals surface area contributed by atoms with Crippen molar-refractivity contribution < 1.29 is 14.5 Å². The molecule has 1 heterocycles. The van der Waals surface area contributed by atoms with Crippen molar-refractivity contribution in [2.24, 2.45) is 0 Å². The molecule has 1 aromatic heterocycles. The Kier molecular flexibility index (Phi) is 6.09. The number of nitro benzene ring substituents is 1. The van der Waals surface area contributed by atoms with E-state index in [0.717, 1.165) is 16.3 Å². The van der Waals surface area contributed by atoms with Crippen LogP contribution in [0.5, 0.6) is 5.75 Å². The minimum atomic E-state index is -0.589. The minimum absolute atomic E-state index is 0.0435. The number of anilines is 1. The summed E-state index contributed by atoms with van der Waals surface area (Å²) in [6, 6.07) is 18.5. The summed E-state index contributed by atoms with van der Waals surface area (Å²) in [5.41, 5.74) is 0.678. The summed E-state index contributed by atoms with van der Waals surface area (Å²) in [5, 5.41) is 20.9. The molecule has 0 spiro atoms. The van der Waals surface area contributed by atoms with Crippen LogP contribution < -0.4 is 10.1 Å². The van der Waals surface area contributed by atoms with E-state index in [9.17, 15) is 14.9 Å². The summed E-state index contributed by atoms with van der Waals surface area (Å²) in [5.74, 6) is 0.204. The van der Waals surface area contributed by atoms with Crippen LogP contribution >= 0.6 is 11.8 Å². The molecule has 1 amide bonds. The highest BCUT2D eigenvalue weighted by Gasteiger charge is 2.24. The number of nitrogens with zero attached hydrogens (tertiary/aromatic N) is 3. The van der Waals surface area contributed by atoms with Gasteiger partial charge in [-0.1, -0.05) is 42.5 Å². The lowest BCUT2D eigenvalue weighted by molar-refractivity contribution is -0.385. The van der Waals surface area contributed by atoms with Gasteiger partial charge in [0.05, 0.1) is 35.7 Å². The number of methoxy groups -OCH3 is 1. The molecule has 0 radical (unpaired) electrons. The lowest BCUT2D eigenvalue weighted by atomic mass is 10.0. The van der Waals surface area contributed by atoms with Gasteiger partial charge >= 0.3 is 0 Å². The molecule has 0 saturated heterocycles. The summed E-state index contributed by atoms with van der Waals surface area (Å²) in [4.78, 5) is 24.6. The molecule has 4 rings (SSSR count). The number of hydrogen-bond donors (Lipinski definition) is 1. The maximum atomic E-state index is 13.0. The molecule has 0 atom stereocenters. The third kappa shape index (κ3) is 4.15. The Labute approximate surface area is 188 Å². The van der Waals surface area contributed by atoms with E-state index in [-0.39, 0.29) is 11.3 Å². The predicted molar refractivity (Wildman–Crippen MR) is 125 cm³/mol. The number of nitrogens with one attached hydrogen (secondary N) is 1. The number of nitro groups is 1. The first kappa shape index (κ1) is 21.4. The third-order valence-electron chi connectivity index (χ3n) is 5.10. The Morgan fingerprint density at radius 3 is 2.72 bits per heavy atom. The second kappa shape index (κ2) is 9.11. The standard InChI is InChI=1S/C23H20N4O4S/c1-31-20-13-19(27(29)30)18(12-21(20)32-2)23(28)25-22-10-11-24-26(22)14-16-8-5-7-15-6-3-4-9-17(15)16/h3-13H,14H2,1-2H3,(H,25,28). The van der Waals surface area contributed by atoms with Crippen LogP contribution in [0.3, 0.4) is 0 Å². The molecule has 0 aliphatic rings. The summed E-state index contributed by atoms with van der Waals surface area (Å²) in [6.45, 7) is 0.435. The smallest absolute Gasteiger partial charge is 0.285 e. The van der Waals surface area contributed by atoms with Crippen LogP contribution in [0.25, 0.3) is 10.8 Å². The number of carbonyl (C=O) groups is 1. The summed E-state index contributed by atoms with van der Waals surface area (Å²) >= 11 is 1.34. The lowest BCUT2D eigenvalue weighted by Crippen LogP contribution is -2.18. The maximum absolute atomic E-state index is 13.0. The molecule has 8 nitrogen and oxygen atoms in total. The van der Waals surface area contributed by atoms with E-state index in [1.807, 2.05) is 48.7 Å². The molecule has 0 aliphatic heterocycles. The van der Waals surface area contributed by atoms with Crippen molar-refractivity contribution in [3.05, 3.63) is 88.1 Å². The first-order valence-electron chi connectivity index (χ1n) is 9.72. The van der Waals surface area contributed by atoms with Crippen molar-refractivity contribution in [2.45, 2.75) is 11.4 Å². The quantitative estimate of drug-likeness (QED) is 0.243. The van der Waals surface area contributed by atoms with E-state index in [1.54, 1.807) is 16.9 Å². The molecule has 9 heteroatoms. The van der Waals surface area contributed by atoms with Gasteiger partial charge in [-0.25, -0.2) is 4.68 Å². The molecule has 0 aliphatic carbocycles. The van der Waals surface area contributed by atoms with Crippen LogP contribution in [-0.4, -0.2) is 34.0 Å². The van der Waals surface area contributed by atoms with Crippen molar-refractivity contribution in [3.8, 4) is 5.75 Å². The number of aromatic nitrogens is 2. The first-order valence-corrected chi connectivity index (χ1v) is 10.9. The normalized spacial score (nSPS) is 10.8. The van der Waals surface area contributed by atoms with Crippen molar-refractivity contribution >= 4 is 39.9 Å². The van der Waals surface area contributed by atoms with Crippen molar-refractivity contribution in [3.63, 3.8) is 0 Å². The zero-order chi connectivity index (χ0) is 22.7. The zero-order valence-electron chi connectivity index (χ0n) is 17.4. The number of rotatable bonds is 7. The Bertz CT molecular complexity index is 1310. The number of carbonyl (C=O) groups excluding carboxylic acids is 1. The molecule has 0 bridgehead atoms. The summed E-state index contributed by atoms with van der Waals surface area (Å²) < 4.78 is 6.87. The number of amides is 1. The molecule has 1 N–H and O–H groups in total. The van der Waals surface area contributed by atoms with Gasteiger partial charge in [-0.15, -0.1) is 11.8 Å². The Morgan fingerprint density at radius 2 is 1.97 bits per heavy atom. The van der Waals surface area contributed by atoms with Crippen LogP contribution in [0.2, 0.25) is 0 Å². The molecular formula is C23H20N4O4S. The van der Waals surface area contributed by atoms with Crippen molar-refractivity contribution in [2.75, 3.05) is 18.7 Å². The highest BCUT2D eigenvalue weighted by atomic mass is 32.2. The van der Waals surface area contributed by atoms with Gasteiger partial charge in [-0.05, 0) is 28.7 Å². The van der Waals surface area contributed by atoms with E-state index >= 15 is 0 Å². The third-order valence-corrected chi connectivity index (χ3v) is 5.86. The largest absolute Gasteiger partial charge is 0.495 e. The number of hydrogen-bond acceptors (Lipinski definition) is 6. The minimum Gasteiger partial charge on any atom is -0.495 e. The molecule has 0 unspecified atom stereocenters. The molecule has 3 aromatic carbocycles. The number of fused-ring (bicyclic) bond motifs is 1. The van der Waals surface area contributed by atoms with E-state index in [0.29, 0.717) is 23.0 Å². The van der Waals surface area contributed by atoms with E-state index in [2.05, 4.69) is 10.4 Å². The first-order chi connectivity index (χ1) is 15.5. The van der Waals surface area contributed by atoms with Gasteiger partial charge in [-0.3, -0.25) is 14.9 Å². The molecule has 162 valence electrons. The van der Waals surface area contributed by atoms with Gasteiger partial charge in [0, 0.05) is 6.07 Å². The fraction of sp³-hybridized carbons (Fsp3) is 0.130. The van der Waals surface area contributed by atoms with Crippen LogP contribution in [-0.2, 0) is 6.54 Å². The Balaban J connectivity index is 1.65. The molecule has 4 aromatic rings. The van der Waals surface area contributed by atoms with Gasteiger partial charge in [0.25, 0.3) is 11.6 Å². The van der Waals surface area contributed by atoms with Gasteiger partial charge in [0.15, 0.2) is 0 Å². The molecule has 0 saturated carbocycles. The fourth-order valence-electron chi connectivity index (χ4n) is 3.54. The van der Waals surface area contributed by atoms with E-state index in [4.69, 9.17) is 4.74 Å². The van der Waals surface area contributed by atoms with E-state index < -0.39 is 10.8 Å². The van der Waals surface area contributed by atoms with Crippen LogP contribution in [0, 0.1) is 10.1 Å². The van der Waals surface area contributed by atoms with Gasteiger partial charge in [-0.2, -0.15) is 5.10 Å². The number of benzene rings is 3. The molecule has 32 heavy (non-hydrogen) atoms. The monoisotopic (exact) mass is 448 g/mol. The van der Waals surface area contributed by atoms with Gasteiger partial charge in [0.2, 0.25) is 0 Å². The van der Waals surface area contributed by atoms with Crippen molar-refractivity contribution in [1.29, 1.82) is 0 Å². The zero-order valence-corrected chi connectivity index (χ0v) is 18.3. The van der Waals surface area contributed by atoms with Crippen LogP contribution in [0.1, 0.15) is 15.9 Å². The summed E-state index contributed by atoms with van der Waals surface area (Å²) in [7, 11) is 1.43. The number of thioether (sulfide) groups is 1.